The highest BCUT2D eigenvalue weighted by atomic mass is 32.2. The highest BCUT2D eigenvalue weighted by Gasteiger charge is 2.17. The standard InChI is InChI=1S/C20H25N3O3S/c1-15-11-13-23(14-12-15)19-7-3-18(4-8-19)22-27(25,26)20-9-5-17(6-10-20)21-16(2)24/h3-10,15,22H,11-14H2,1-2H3,(H,21,24). The van der Waals surface area contributed by atoms with E-state index >= 15 is 0 Å². The number of amides is 1. The van der Waals surface area contributed by atoms with Crippen molar-refractivity contribution in [3.63, 3.8) is 0 Å². The Balaban J connectivity index is 1.67. The van der Waals surface area contributed by atoms with Gasteiger partial charge in [0.1, 0.15) is 0 Å². The van der Waals surface area contributed by atoms with E-state index in [0.29, 0.717) is 11.4 Å². The summed E-state index contributed by atoms with van der Waals surface area (Å²) in [6, 6.07) is 13.6. The van der Waals surface area contributed by atoms with E-state index in [0.717, 1.165) is 24.7 Å². The monoisotopic (exact) mass is 387 g/mol. The lowest BCUT2D eigenvalue weighted by Gasteiger charge is -2.32. The Hall–Kier alpha value is -2.54. The second-order valence-corrected chi connectivity index (χ2v) is 8.71. The first-order valence-corrected chi connectivity index (χ1v) is 10.6. The number of carbonyl (C=O) groups excluding carboxylic acids is 1. The third-order valence-electron chi connectivity index (χ3n) is 4.75. The smallest absolute Gasteiger partial charge is 0.261 e. The first-order valence-electron chi connectivity index (χ1n) is 9.09. The third kappa shape index (κ3) is 5.01. The van der Waals surface area contributed by atoms with Gasteiger partial charge in [-0.2, -0.15) is 0 Å². The van der Waals surface area contributed by atoms with Crippen molar-refractivity contribution in [2.75, 3.05) is 28.0 Å². The molecule has 1 amide bonds. The van der Waals surface area contributed by atoms with Crippen LogP contribution in [0.15, 0.2) is 53.4 Å². The summed E-state index contributed by atoms with van der Waals surface area (Å²) in [5.74, 6) is 0.566. The summed E-state index contributed by atoms with van der Waals surface area (Å²) in [7, 11) is -3.68. The number of benzene rings is 2. The highest BCUT2D eigenvalue weighted by Crippen LogP contribution is 2.25. The van der Waals surface area contributed by atoms with E-state index in [-0.39, 0.29) is 10.8 Å². The summed E-state index contributed by atoms with van der Waals surface area (Å²) < 4.78 is 27.7. The second-order valence-electron chi connectivity index (χ2n) is 7.03. The van der Waals surface area contributed by atoms with Crippen LogP contribution in [0.3, 0.4) is 0 Å². The molecule has 0 atom stereocenters. The van der Waals surface area contributed by atoms with Crippen LogP contribution in [-0.2, 0) is 14.8 Å². The van der Waals surface area contributed by atoms with Gasteiger partial charge < -0.3 is 10.2 Å². The molecule has 2 N–H and O–H groups in total. The van der Waals surface area contributed by atoms with Gasteiger partial charge in [0.2, 0.25) is 5.91 Å². The molecule has 1 aliphatic rings. The topological polar surface area (TPSA) is 78.5 Å². The van der Waals surface area contributed by atoms with Crippen molar-refractivity contribution in [1.82, 2.24) is 0 Å². The van der Waals surface area contributed by atoms with E-state index in [1.54, 1.807) is 24.3 Å². The minimum absolute atomic E-state index is 0.144. The maximum Gasteiger partial charge on any atom is 0.261 e. The zero-order valence-corrected chi connectivity index (χ0v) is 16.4. The van der Waals surface area contributed by atoms with E-state index in [1.165, 1.54) is 31.9 Å². The average Bonchev–Trinajstić information content (AvgIpc) is 2.63. The average molecular weight is 388 g/mol. The molecule has 1 saturated heterocycles. The van der Waals surface area contributed by atoms with E-state index in [2.05, 4.69) is 21.9 Å². The van der Waals surface area contributed by atoms with Crippen LogP contribution in [0.2, 0.25) is 0 Å². The van der Waals surface area contributed by atoms with Gasteiger partial charge in [0.25, 0.3) is 10.0 Å². The molecule has 0 spiro atoms. The van der Waals surface area contributed by atoms with Crippen molar-refractivity contribution in [2.45, 2.75) is 31.6 Å². The Kier molecular flexibility index (Phi) is 5.70. The number of carbonyl (C=O) groups is 1. The minimum Gasteiger partial charge on any atom is -0.372 e. The zero-order chi connectivity index (χ0) is 19.4. The van der Waals surface area contributed by atoms with Crippen LogP contribution in [-0.4, -0.2) is 27.4 Å². The van der Waals surface area contributed by atoms with Crippen molar-refractivity contribution < 1.29 is 13.2 Å². The van der Waals surface area contributed by atoms with Crippen molar-refractivity contribution in [2.24, 2.45) is 5.92 Å². The van der Waals surface area contributed by atoms with Gasteiger partial charge in [-0.25, -0.2) is 8.42 Å². The van der Waals surface area contributed by atoms with Crippen LogP contribution in [0.25, 0.3) is 0 Å². The molecule has 0 aromatic heterocycles. The number of piperidine rings is 1. The Morgan fingerprint density at radius 1 is 0.963 bits per heavy atom. The van der Waals surface area contributed by atoms with Crippen molar-refractivity contribution >= 4 is 33.0 Å². The molecule has 3 rings (SSSR count). The molecular weight excluding hydrogens is 362 g/mol. The van der Waals surface area contributed by atoms with Gasteiger partial charge in [0.15, 0.2) is 0 Å². The normalized spacial score (nSPS) is 15.4. The van der Waals surface area contributed by atoms with Crippen LogP contribution >= 0.6 is 0 Å². The summed E-state index contributed by atoms with van der Waals surface area (Å²) in [5, 5.41) is 2.61. The van der Waals surface area contributed by atoms with Crippen LogP contribution in [0.5, 0.6) is 0 Å². The van der Waals surface area contributed by atoms with Gasteiger partial charge in [-0.15, -0.1) is 0 Å². The highest BCUT2D eigenvalue weighted by molar-refractivity contribution is 7.92. The number of anilines is 3. The molecule has 0 bridgehead atoms. The zero-order valence-electron chi connectivity index (χ0n) is 15.6. The van der Waals surface area contributed by atoms with Gasteiger partial charge >= 0.3 is 0 Å². The lowest BCUT2D eigenvalue weighted by molar-refractivity contribution is -0.114. The Morgan fingerprint density at radius 2 is 1.52 bits per heavy atom. The molecule has 1 heterocycles. The number of hydrogen-bond donors (Lipinski definition) is 2. The van der Waals surface area contributed by atoms with Gasteiger partial charge in [-0.05, 0) is 67.3 Å². The second kappa shape index (κ2) is 8.00. The van der Waals surface area contributed by atoms with Gasteiger partial charge in [-0.3, -0.25) is 9.52 Å². The summed E-state index contributed by atoms with van der Waals surface area (Å²) in [4.78, 5) is 13.5. The van der Waals surface area contributed by atoms with Crippen LogP contribution in [0.1, 0.15) is 26.7 Å². The maximum atomic E-state index is 12.5. The molecule has 27 heavy (non-hydrogen) atoms. The maximum absolute atomic E-state index is 12.5. The molecule has 6 nitrogen and oxygen atoms in total. The van der Waals surface area contributed by atoms with E-state index < -0.39 is 10.0 Å². The quantitative estimate of drug-likeness (QED) is 0.820. The summed E-state index contributed by atoms with van der Waals surface area (Å²) in [6.07, 6.45) is 2.37. The van der Waals surface area contributed by atoms with Crippen molar-refractivity contribution in [1.29, 1.82) is 0 Å². The molecule has 0 unspecified atom stereocenters. The van der Waals surface area contributed by atoms with E-state index in [1.807, 2.05) is 12.1 Å². The van der Waals surface area contributed by atoms with Crippen molar-refractivity contribution in [3.05, 3.63) is 48.5 Å². The van der Waals surface area contributed by atoms with Crippen molar-refractivity contribution in [3.8, 4) is 0 Å². The summed E-state index contributed by atoms with van der Waals surface area (Å²) >= 11 is 0. The first-order chi connectivity index (χ1) is 12.8. The van der Waals surface area contributed by atoms with Crippen LogP contribution < -0.4 is 14.9 Å². The predicted molar refractivity (Wildman–Crippen MR) is 109 cm³/mol. The molecule has 1 fully saturated rings. The fourth-order valence-electron chi connectivity index (χ4n) is 3.14. The molecule has 2 aromatic carbocycles. The fraction of sp³-hybridized carbons (Fsp3) is 0.350. The molecule has 0 radical (unpaired) electrons. The largest absolute Gasteiger partial charge is 0.372 e. The lowest BCUT2D eigenvalue weighted by Crippen LogP contribution is -2.32. The predicted octanol–water partition coefficient (Wildman–Crippen LogP) is 3.68. The van der Waals surface area contributed by atoms with Crippen LogP contribution in [0, 0.1) is 5.92 Å². The number of hydrogen-bond acceptors (Lipinski definition) is 4. The number of sulfonamides is 1. The number of nitrogens with one attached hydrogen (secondary N) is 2. The lowest BCUT2D eigenvalue weighted by atomic mass is 9.99. The van der Waals surface area contributed by atoms with Gasteiger partial charge in [-0.1, -0.05) is 6.92 Å². The summed E-state index contributed by atoms with van der Waals surface area (Å²) in [6.45, 7) is 5.75. The fourth-order valence-corrected chi connectivity index (χ4v) is 4.20. The Morgan fingerprint density at radius 3 is 2.07 bits per heavy atom. The Bertz CT molecular complexity index is 885. The van der Waals surface area contributed by atoms with E-state index in [9.17, 15) is 13.2 Å². The summed E-state index contributed by atoms with van der Waals surface area (Å²) in [5.41, 5.74) is 2.20. The molecule has 2 aromatic rings. The molecule has 1 aliphatic heterocycles. The molecule has 7 heteroatoms. The number of rotatable bonds is 5. The molecule has 144 valence electrons. The Labute approximate surface area is 160 Å². The van der Waals surface area contributed by atoms with Crippen LogP contribution in [0.4, 0.5) is 17.1 Å². The molecule has 0 saturated carbocycles. The molecule has 0 aliphatic carbocycles. The first kappa shape index (κ1) is 19.2. The number of nitrogens with zero attached hydrogens (tertiary/aromatic N) is 1. The van der Waals surface area contributed by atoms with E-state index in [4.69, 9.17) is 0 Å². The minimum atomic E-state index is -3.68. The van der Waals surface area contributed by atoms with Gasteiger partial charge in [0, 0.05) is 37.1 Å². The molecular formula is C20H25N3O3S. The third-order valence-corrected chi connectivity index (χ3v) is 6.15. The van der Waals surface area contributed by atoms with Gasteiger partial charge in [0.05, 0.1) is 4.90 Å². The SMILES string of the molecule is CC(=O)Nc1ccc(S(=O)(=O)Nc2ccc(N3CCC(C)CC3)cc2)cc1.